The number of hydrogen-bond donors (Lipinski definition) is 0. The summed E-state index contributed by atoms with van der Waals surface area (Å²) in [6, 6.07) is 10.5. The number of rotatable bonds is 7. The molecule has 0 saturated heterocycles. The Kier molecular flexibility index (Phi) is 5.34. The van der Waals surface area contributed by atoms with E-state index in [1.165, 1.54) is 30.3 Å². The lowest BCUT2D eigenvalue weighted by molar-refractivity contribution is -0.127. The van der Waals surface area contributed by atoms with Crippen LogP contribution < -0.4 is 0 Å². The lowest BCUT2D eigenvalue weighted by Gasteiger charge is -2.27. The van der Waals surface area contributed by atoms with E-state index in [1.807, 2.05) is 30.3 Å². The number of tetrazole rings is 1. The fourth-order valence-electron chi connectivity index (χ4n) is 3.32. The molecule has 1 amide bonds. The van der Waals surface area contributed by atoms with Crippen LogP contribution in [-0.2, 0) is 11.3 Å². The fourth-order valence-corrected chi connectivity index (χ4v) is 4.06. The second kappa shape index (κ2) is 8.03. The van der Waals surface area contributed by atoms with Crippen LogP contribution >= 0.6 is 11.8 Å². The molecular weight excluding hydrogens is 346 g/mol. The highest BCUT2D eigenvalue weighted by Crippen LogP contribution is 2.34. The minimum Gasteiger partial charge on any atom is -0.313 e. The second-order valence-corrected chi connectivity index (χ2v) is 7.77. The molecular formula is C19H23N5OS. The quantitative estimate of drug-likeness (QED) is 0.701. The van der Waals surface area contributed by atoms with Crippen LogP contribution in [0.4, 0.5) is 0 Å². The summed E-state index contributed by atoms with van der Waals surface area (Å²) in [5.41, 5.74) is 2.37. The van der Waals surface area contributed by atoms with Crippen molar-refractivity contribution in [1.82, 2.24) is 25.1 Å². The van der Waals surface area contributed by atoms with E-state index < -0.39 is 0 Å². The third-order valence-corrected chi connectivity index (χ3v) is 5.70. The molecule has 0 spiro atoms. The molecule has 0 N–H and O–H groups in total. The Bertz CT molecular complexity index is 784. The van der Waals surface area contributed by atoms with Gasteiger partial charge in [0.05, 0.1) is 12.3 Å². The van der Waals surface area contributed by atoms with Gasteiger partial charge in [-0.3, -0.25) is 4.79 Å². The first-order valence-corrected chi connectivity index (χ1v) is 10.2. The van der Waals surface area contributed by atoms with Gasteiger partial charge in [0.2, 0.25) is 11.1 Å². The lowest BCUT2D eigenvalue weighted by atomic mass is 10.0. The van der Waals surface area contributed by atoms with E-state index in [-0.39, 0.29) is 5.91 Å². The smallest absolute Gasteiger partial charge is 0.237 e. The largest absolute Gasteiger partial charge is 0.313 e. The standard InChI is InChI=1S/C19H23N5OS/c25-18(24(17-11-12-17)16-9-5-2-6-10-16)14-26-19-20-21-22-23(19)13-15-7-3-1-4-8-15/h1,3-4,7-9,17H,2,5-6,10-14H2. The topological polar surface area (TPSA) is 63.9 Å². The van der Waals surface area contributed by atoms with Crippen molar-refractivity contribution in [3.8, 4) is 0 Å². The van der Waals surface area contributed by atoms with Crippen LogP contribution in [0, 0.1) is 0 Å². The zero-order chi connectivity index (χ0) is 17.8. The minimum atomic E-state index is 0.180. The molecule has 1 fully saturated rings. The summed E-state index contributed by atoms with van der Waals surface area (Å²) in [6.45, 7) is 0.613. The van der Waals surface area contributed by atoms with Crippen molar-refractivity contribution in [2.24, 2.45) is 0 Å². The van der Waals surface area contributed by atoms with Gasteiger partial charge >= 0.3 is 0 Å². The van der Waals surface area contributed by atoms with Gasteiger partial charge in [-0.25, -0.2) is 4.68 Å². The van der Waals surface area contributed by atoms with Gasteiger partial charge < -0.3 is 4.90 Å². The van der Waals surface area contributed by atoms with E-state index in [0.717, 1.165) is 31.2 Å². The van der Waals surface area contributed by atoms with Crippen molar-refractivity contribution in [2.75, 3.05) is 5.75 Å². The fraction of sp³-hybridized carbons (Fsp3) is 0.474. The predicted molar refractivity (Wildman–Crippen MR) is 101 cm³/mol. The van der Waals surface area contributed by atoms with E-state index in [2.05, 4.69) is 26.5 Å². The van der Waals surface area contributed by atoms with Crippen LogP contribution in [-0.4, -0.2) is 42.8 Å². The molecule has 26 heavy (non-hydrogen) atoms. The van der Waals surface area contributed by atoms with E-state index >= 15 is 0 Å². The van der Waals surface area contributed by atoms with E-state index in [4.69, 9.17) is 0 Å². The average molecular weight is 369 g/mol. The Labute approximate surface area is 157 Å². The van der Waals surface area contributed by atoms with E-state index in [1.54, 1.807) is 4.68 Å². The maximum atomic E-state index is 12.9. The van der Waals surface area contributed by atoms with Gasteiger partial charge in [-0.15, -0.1) is 5.10 Å². The molecule has 7 heteroatoms. The molecule has 1 aromatic heterocycles. The highest BCUT2D eigenvalue weighted by Gasteiger charge is 2.35. The van der Waals surface area contributed by atoms with Crippen molar-refractivity contribution >= 4 is 17.7 Å². The Balaban J connectivity index is 1.40. The van der Waals surface area contributed by atoms with Crippen molar-refractivity contribution in [3.05, 3.63) is 47.7 Å². The van der Waals surface area contributed by atoms with Crippen molar-refractivity contribution in [3.63, 3.8) is 0 Å². The summed E-state index contributed by atoms with van der Waals surface area (Å²) >= 11 is 1.43. The molecule has 2 aromatic rings. The van der Waals surface area contributed by atoms with Gasteiger partial charge in [0, 0.05) is 11.7 Å². The van der Waals surface area contributed by atoms with E-state index in [0.29, 0.717) is 23.5 Å². The normalized spacial score (nSPS) is 17.0. The summed E-state index contributed by atoms with van der Waals surface area (Å²) in [7, 11) is 0. The molecule has 2 aliphatic rings. The molecule has 0 unspecified atom stereocenters. The maximum absolute atomic E-state index is 12.9. The number of amides is 1. The number of thioether (sulfide) groups is 1. The molecule has 0 radical (unpaired) electrons. The summed E-state index contributed by atoms with van der Waals surface area (Å²) in [4.78, 5) is 14.9. The summed E-state index contributed by atoms with van der Waals surface area (Å²) in [5, 5.41) is 12.6. The van der Waals surface area contributed by atoms with Crippen LogP contribution in [0.25, 0.3) is 0 Å². The van der Waals surface area contributed by atoms with Crippen LogP contribution in [0.2, 0.25) is 0 Å². The Morgan fingerprint density at radius 2 is 2.08 bits per heavy atom. The van der Waals surface area contributed by atoms with Crippen molar-refractivity contribution in [1.29, 1.82) is 0 Å². The molecule has 4 rings (SSSR count). The van der Waals surface area contributed by atoms with Gasteiger partial charge in [0.15, 0.2) is 0 Å². The molecule has 1 saturated carbocycles. The maximum Gasteiger partial charge on any atom is 0.237 e. The molecule has 2 aliphatic carbocycles. The second-order valence-electron chi connectivity index (χ2n) is 6.83. The van der Waals surface area contributed by atoms with Gasteiger partial charge in [0.1, 0.15) is 0 Å². The number of aromatic nitrogens is 4. The molecule has 0 bridgehead atoms. The zero-order valence-electron chi connectivity index (χ0n) is 14.8. The van der Waals surface area contributed by atoms with Crippen LogP contribution in [0.5, 0.6) is 0 Å². The van der Waals surface area contributed by atoms with Gasteiger partial charge in [-0.2, -0.15) is 0 Å². The molecule has 0 atom stereocenters. The lowest BCUT2D eigenvalue weighted by Crippen LogP contribution is -2.34. The highest BCUT2D eigenvalue weighted by molar-refractivity contribution is 7.99. The Morgan fingerprint density at radius 1 is 1.23 bits per heavy atom. The van der Waals surface area contributed by atoms with Crippen LogP contribution in [0.1, 0.15) is 44.1 Å². The first-order chi connectivity index (χ1) is 12.8. The van der Waals surface area contributed by atoms with Crippen molar-refractivity contribution < 1.29 is 4.79 Å². The number of carbonyl (C=O) groups excluding carboxylic acids is 1. The van der Waals surface area contributed by atoms with Gasteiger partial charge in [0.25, 0.3) is 0 Å². The summed E-state index contributed by atoms with van der Waals surface area (Å²) in [6.07, 6.45) is 9.04. The Hall–Kier alpha value is -2.15. The highest BCUT2D eigenvalue weighted by atomic mass is 32.2. The average Bonchev–Trinajstić information content (AvgIpc) is 3.41. The third-order valence-electron chi connectivity index (χ3n) is 4.76. The Morgan fingerprint density at radius 3 is 2.81 bits per heavy atom. The first kappa shape index (κ1) is 17.3. The summed E-state index contributed by atoms with van der Waals surface area (Å²) in [5.74, 6) is 0.558. The molecule has 6 nitrogen and oxygen atoms in total. The molecule has 136 valence electrons. The SMILES string of the molecule is O=C(CSc1nnnn1Cc1ccccc1)N(C1=CCCCC1)C1CC1. The van der Waals surface area contributed by atoms with Crippen molar-refractivity contribution in [2.45, 2.75) is 56.3 Å². The molecule has 1 heterocycles. The van der Waals surface area contributed by atoms with Crippen LogP contribution in [0.3, 0.4) is 0 Å². The first-order valence-electron chi connectivity index (χ1n) is 9.25. The van der Waals surface area contributed by atoms with Crippen LogP contribution in [0.15, 0.2) is 47.3 Å². The number of allylic oxidation sites excluding steroid dienone is 2. The monoisotopic (exact) mass is 369 g/mol. The van der Waals surface area contributed by atoms with Gasteiger partial charge in [-0.1, -0.05) is 48.2 Å². The van der Waals surface area contributed by atoms with Gasteiger partial charge in [-0.05, 0) is 54.5 Å². The summed E-state index contributed by atoms with van der Waals surface area (Å²) < 4.78 is 1.76. The molecule has 1 aromatic carbocycles. The number of benzene rings is 1. The van der Waals surface area contributed by atoms with E-state index in [9.17, 15) is 4.79 Å². The number of carbonyl (C=O) groups is 1. The third kappa shape index (κ3) is 4.15. The number of hydrogen-bond acceptors (Lipinski definition) is 5. The predicted octanol–water partition coefficient (Wildman–Crippen LogP) is 3.26. The molecule has 0 aliphatic heterocycles. The number of nitrogens with zero attached hydrogens (tertiary/aromatic N) is 5. The minimum absolute atomic E-state index is 0.180. The zero-order valence-corrected chi connectivity index (χ0v) is 15.6.